The minimum absolute atomic E-state index is 0.0662. The largest absolute Gasteiger partial charge is 0.337 e. The van der Waals surface area contributed by atoms with Gasteiger partial charge in [0.05, 0.1) is 6.04 Å². The van der Waals surface area contributed by atoms with Crippen LogP contribution in [0.4, 0.5) is 4.79 Å². The number of aromatic nitrogens is 1. The minimum atomic E-state index is 0.0662. The topological polar surface area (TPSA) is 45.2 Å². The molecule has 2 aliphatic rings. The number of rotatable bonds is 4. The average molecular weight is 321 g/mol. The summed E-state index contributed by atoms with van der Waals surface area (Å²) in [6, 6.07) is 14.8. The number of carbonyl (C=O) groups is 1. The number of nitrogens with zero attached hydrogens (tertiary/aromatic N) is 2. The zero-order valence-corrected chi connectivity index (χ0v) is 13.8. The second kappa shape index (κ2) is 6.27. The predicted molar refractivity (Wildman–Crippen MR) is 93.7 cm³/mol. The summed E-state index contributed by atoms with van der Waals surface area (Å²) in [6.45, 7) is 1.56. The Hall–Kier alpha value is -2.36. The molecule has 1 aromatic carbocycles. The van der Waals surface area contributed by atoms with E-state index >= 15 is 0 Å². The Labute approximate surface area is 142 Å². The molecule has 2 fully saturated rings. The predicted octanol–water partition coefficient (Wildman–Crippen LogP) is 3.66. The van der Waals surface area contributed by atoms with Crippen molar-refractivity contribution in [1.29, 1.82) is 0 Å². The zero-order valence-electron chi connectivity index (χ0n) is 13.8. The van der Waals surface area contributed by atoms with Gasteiger partial charge in [-0.05, 0) is 48.9 Å². The molecule has 1 saturated heterocycles. The third-order valence-electron chi connectivity index (χ3n) is 5.42. The van der Waals surface area contributed by atoms with Crippen LogP contribution in [0.25, 0.3) is 0 Å². The minimum Gasteiger partial charge on any atom is -0.337 e. The number of benzene rings is 1. The molecule has 2 aromatic rings. The van der Waals surface area contributed by atoms with Gasteiger partial charge in [0.25, 0.3) is 0 Å². The highest BCUT2D eigenvalue weighted by Gasteiger charge is 2.44. The number of likely N-dealkylation sites (tertiary alicyclic amines) is 1. The molecule has 1 aliphatic carbocycles. The van der Waals surface area contributed by atoms with Crippen molar-refractivity contribution in [3.8, 4) is 0 Å². The summed E-state index contributed by atoms with van der Waals surface area (Å²) < 4.78 is 0. The summed E-state index contributed by atoms with van der Waals surface area (Å²) in [5, 5.41) is 3.20. The Morgan fingerprint density at radius 2 is 1.92 bits per heavy atom. The first-order valence-electron chi connectivity index (χ1n) is 8.78. The number of nitrogens with one attached hydrogen (secondary N) is 1. The molecule has 1 atom stereocenters. The van der Waals surface area contributed by atoms with Crippen LogP contribution in [0.2, 0.25) is 0 Å². The van der Waals surface area contributed by atoms with Crippen molar-refractivity contribution in [2.24, 2.45) is 0 Å². The molecule has 1 aliphatic heterocycles. The molecule has 1 saturated carbocycles. The van der Waals surface area contributed by atoms with Crippen LogP contribution in [0, 0.1) is 0 Å². The smallest absolute Gasteiger partial charge is 0.317 e. The summed E-state index contributed by atoms with van der Waals surface area (Å²) in [7, 11) is 0. The lowest BCUT2D eigenvalue weighted by Gasteiger charge is -2.26. The standard InChI is InChI=1S/C20H23N3O/c24-19(22-15-20(10-11-20)17-5-2-1-3-6-17)23-14-4-7-18(23)16-8-12-21-13-9-16/h1-3,5-6,8-9,12-13,18H,4,7,10-11,14-15H2,(H,22,24)/t18-/m1/s1. The molecule has 0 radical (unpaired) electrons. The lowest BCUT2D eigenvalue weighted by Crippen LogP contribution is -2.42. The molecule has 1 N–H and O–H groups in total. The van der Waals surface area contributed by atoms with E-state index in [4.69, 9.17) is 0 Å². The fourth-order valence-corrected chi connectivity index (χ4v) is 3.80. The molecule has 24 heavy (non-hydrogen) atoms. The van der Waals surface area contributed by atoms with Crippen LogP contribution < -0.4 is 5.32 Å². The molecule has 124 valence electrons. The summed E-state index contributed by atoms with van der Waals surface area (Å²) in [5.74, 6) is 0. The molecule has 0 unspecified atom stereocenters. The zero-order chi connectivity index (χ0) is 16.4. The molecule has 0 bridgehead atoms. The van der Waals surface area contributed by atoms with Crippen LogP contribution in [-0.4, -0.2) is 29.0 Å². The second-order valence-electron chi connectivity index (χ2n) is 6.94. The maximum atomic E-state index is 12.7. The van der Waals surface area contributed by atoms with Crippen molar-refractivity contribution in [2.75, 3.05) is 13.1 Å². The van der Waals surface area contributed by atoms with Gasteiger partial charge in [-0.15, -0.1) is 0 Å². The Kier molecular flexibility index (Phi) is 3.97. The summed E-state index contributed by atoms with van der Waals surface area (Å²) in [5.41, 5.74) is 2.68. The molecule has 2 amide bonds. The third kappa shape index (κ3) is 2.88. The Morgan fingerprint density at radius 1 is 1.17 bits per heavy atom. The quantitative estimate of drug-likeness (QED) is 0.934. The fraction of sp³-hybridized carbons (Fsp3) is 0.400. The van der Waals surface area contributed by atoms with E-state index in [-0.39, 0.29) is 17.5 Å². The summed E-state index contributed by atoms with van der Waals surface area (Å²) in [6.07, 6.45) is 8.01. The maximum absolute atomic E-state index is 12.7. The maximum Gasteiger partial charge on any atom is 0.317 e. The van der Waals surface area contributed by atoms with Crippen LogP contribution in [0.5, 0.6) is 0 Å². The van der Waals surface area contributed by atoms with Crippen molar-refractivity contribution >= 4 is 6.03 Å². The first kappa shape index (κ1) is 15.2. The molecule has 4 nitrogen and oxygen atoms in total. The number of hydrogen-bond acceptors (Lipinski definition) is 2. The van der Waals surface area contributed by atoms with Crippen LogP contribution >= 0.6 is 0 Å². The Bertz CT molecular complexity index is 697. The van der Waals surface area contributed by atoms with Gasteiger partial charge in [-0.25, -0.2) is 4.79 Å². The number of carbonyl (C=O) groups excluding carboxylic acids is 1. The van der Waals surface area contributed by atoms with E-state index in [2.05, 4.69) is 34.6 Å². The monoisotopic (exact) mass is 321 g/mol. The van der Waals surface area contributed by atoms with Crippen molar-refractivity contribution in [1.82, 2.24) is 15.2 Å². The van der Waals surface area contributed by atoms with Gasteiger partial charge in [0.15, 0.2) is 0 Å². The van der Waals surface area contributed by atoms with Crippen molar-refractivity contribution in [2.45, 2.75) is 37.1 Å². The van der Waals surface area contributed by atoms with Crippen LogP contribution in [0.1, 0.15) is 42.9 Å². The SMILES string of the molecule is O=C(NCC1(c2ccccc2)CC1)N1CCC[C@@H]1c1ccncc1. The van der Waals surface area contributed by atoms with Gasteiger partial charge in [-0.3, -0.25) is 4.98 Å². The molecule has 1 aromatic heterocycles. The van der Waals surface area contributed by atoms with Crippen LogP contribution in [-0.2, 0) is 5.41 Å². The van der Waals surface area contributed by atoms with Gasteiger partial charge in [0.2, 0.25) is 0 Å². The van der Waals surface area contributed by atoms with Gasteiger partial charge < -0.3 is 10.2 Å². The van der Waals surface area contributed by atoms with Crippen molar-refractivity contribution in [3.63, 3.8) is 0 Å². The van der Waals surface area contributed by atoms with Crippen LogP contribution in [0.15, 0.2) is 54.9 Å². The molecule has 4 heteroatoms. The Morgan fingerprint density at radius 3 is 2.62 bits per heavy atom. The molecule has 2 heterocycles. The number of urea groups is 1. The van der Waals surface area contributed by atoms with Crippen molar-refractivity contribution in [3.05, 3.63) is 66.0 Å². The summed E-state index contributed by atoms with van der Waals surface area (Å²) >= 11 is 0. The van der Waals surface area contributed by atoms with E-state index in [1.165, 1.54) is 11.1 Å². The highest BCUT2D eigenvalue weighted by molar-refractivity contribution is 5.75. The van der Waals surface area contributed by atoms with Gasteiger partial charge in [0.1, 0.15) is 0 Å². The second-order valence-corrected chi connectivity index (χ2v) is 6.94. The van der Waals surface area contributed by atoms with E-state index in [9.17, 15) is 4.79 Å². The molecule has 4 rings (SSSR count). The molecular formula is C20H23N3O. The van der Waals surface area contributed by atoms with E-state index in [0.29, 0.717) is 0 Å². The van der Waals surface area contributed by atoms with Gasteiger partial charge >= 0.3 is 6.03 Å². The Balaban J connectivity index is 1.41. The average Bonchev–Trinajstić information content (AvgIpc) is 3.28. The van der Waals surface area contributed by atoms with Gasteiger partial charge in [-0.1, -0.05) is 30.3 Å². The normalized spacial score (nSPS) is 21.5. The highest BCUT2D eigenvalue weighted by atomic mass is 16.2. The number of pyridine rings is 1. The molecule has 0 spiro atoms. The number of hydrogen-bond donors (Lipinski definition) is 1. The first-order valence-corrected chi connectivity index (χ1v) is 8.78. The lowest BCUT2D eigenvalue weighted by molar-refractivity contribution is 0.192. The van der Waals surface area contributed by atoms with Crippen molar-refractivity contribution < 1.29 is 4.79 Å². The van der Waals surface area contributed by atoms with E-state index in [0.717, 1.165) is 38.8 Å². The van der Waals surface area contributed by atoms with Gasteiger partial charge in [0, 0.05) is 30.9 Å². The molecular weight excluding hydrogens is 298 g/mol. The van der Waals surface area contributed by atoms with Crippen LogP contribution in [0.3, 0.4) is 0 Å². The first-order chi connectivity index (χ1) is 11.8. The highest BCUT2D eigenvalue weighted by Crippen LogP contribution is 2.47. The van der Waals surface area contributed by atoms with E-state index in [1.807, 2.05) is 23.1 Å². The fourth-order valence-electron chi connectivity index (χ4n) is 3.80. The summed E-state index contributed by atoms with van der Waals surface area (Å²) in [4.78, 5) is 18.8. The number of amides is 2. The van der Waals surface area contributed by atoms with Gasteiger partial charge in [-0.2, -0.15) is 0 Å². The van der Waals surface area contributed by atoms with E-state index < -0.39 is 0 Å². The lowest BCUT2D eigenvalue weighted by atomic mass is 9.96. The van der Waals surface area contributed by atoms with E-state index in [1.54, 1.807) is 12.4 Å². The third-order valence-corrected chi connectivity index (χ3v) is 5.42.